The van der Waals surface area contributed by atoms with Gasteiger partial charge in [0.1, 0.15) is 0 Å². The molecule has 2 rings (SSSR count). The Morgan fingerprint density at radius 3 is 2.28 bits per heavy atom. The highest BCUT2D eigenvalue weighted by Gasteiger charge is 2.38. The van der Waals surface area contributed by atoms with Gasteiger partial charge in [0.25, 0.3) is 11.7 Å². The first-order chi connectivity index (χ1) is 11.6. The molecule has 1 aromatic rings. The van der Waals surface area contributed by atoms with Crippen LogP contribution in [0.15, 0.2) is 30.0 Å². The second kappa shape index (κ2) is 6.96. The summed E-state index contributed by atoms with van der Waals surface area (Å²) < 4.78 is 10.0. The minimum atomic E-state index is -1.27. The molecule has 7 nitrogen and oxygen atoms in total. The lowest BCUT2D eigenvalue weighted by Crippen LogP contribution is -2.42. The molecule has 1 heterocycles. The normalized spacial score (nSPS) is 16.2. The maximum absolute atomic E-state index is 12.0. The molecular weight excluding hydrogens is 324 g/mol. The molecule has 1 fully saturated rings. The van der Waals surface area contributed by atoms with Crippen molar-refractivity contribution in [3.63, 3.8) is 0 Å². The number of esters is 2. The van der Waals surface area contributed by atoms with Gasteiger partial charge in [-0.3, -0.25) is 4.79 Å². The molecule has 0 spiro atoms. The molecule has 1 aromatic carbocycles. The first kappa shape index (κ1) is 18.5. The molecule has 25 heavy (non-hydrogen) atoms. The van der Waals surface area contributed by atoms with Gasteiger partial charge in [-0.2, -0.15) is 0 Å². The van der Waals surface area contributed by atoms with Crippen LogP contribution in [-0.2, 0) is 19.1 Å². The molecule has 0 atom stereocenters. The summed E-state index contributed by atoms with van der Waals surface area (Å²) in [6.07, 6.45) is 1.25. The number of rotatable bonds is 4. The van der Waals surface area contributed by atoms with Gasteiger partial charge in [0.15, 0.2) is 5.57 Å². The van der Waals surface area contributed by atoms with E-state index in [2.05, 4.69) is 10.6 Å². The smallest absolute Gasteiger partial charge is 0.350 e. The molecule has 1 amide bonds. The van der Waals surface area contributed by atoms with E-state index in [0.29, 0.717) is 11.3 Å². The van der Waals surface area contributed by atoms with E-state index in [0.717, 1.165) is 5.56 Å². The quantitative estimate of drug-likeness (QED) is 0.493. The van der Waals surface area contributed by atoms with Crippen molar-refractivity contribution < 1.29 is 23.9 Å². The summed E-state index contributed by atoms with van der Waals surface area (Å²) in [5, 5.41) is 5.70. The Hall–Kier alpha value is -2.83. The zero-order valence-corrected chi connectivity index (χ0v) is 14.9. The first-order valence-corrected chi connectivity index (χ1v) is 7.94. The number of hydrogen-bond donors (Lipinski definition) is 2. The highest BCUT2D eigenvalue weighted by molar-refractivity contribution is 6.15. The molecule has 0 radical (unpaired) electrons. The summed E-state index contributed by atoms with van der Waals surface area (Å²) >= 11 is 0. The number of nitrogens with one attached hydrogen (secondary N) is 2. The van der Waals surface area contributed by atoms with Crippen LogP contribution in [0.3, 0.4) is 0 Å². The number of ether oxygens (including phenoxy) is 2. The maximum atomic E-state index is 12.0. The minimum absolute atomic E-state index is 0.0444. The average Bonchev–Trinajstić information content (AvgIpc) is 2.45. The fraction of sp³-hybridized carbons (Fsp3) is 0.389. The van der Waals surface area contributed by atoms with Crippen molar-refractivity contribution in [2.75, 3.05) is 5.32 Å². The molecule has 0 aliphatic carbocycles. The molecule has 1 saturated heterocycles. The van der Waals surface area contributed by atoms with Crippen LogP contribution in [0.5, 0.6) is 0 Å². The van der Waals surface area contributed by atoms with Crippen LogP contribution < -0.4 is 10.6 Å². The molecule has 0 aromatic heterocycles. The van der Waals surface area contributed by atoms with Gasteiger partial charge >= 0.3 is 11.9 Å². The summed E-state index contributed by atoms with van der Waals surface area (Å²) in [5.74, 6) is -2.93. The van der Waals surface area contributed by atoms with Crippen LogP contribution >= 0.6 is 0 Å². The van der Waals surface area contributed by atoms with Gasteiger partial charge < -0.3 is 20.1 Å². The van der Waals surface area contributed by atoms with Crippen molar-refractivity contribution in [3.05, 3.63) is 41.1 Å². The predicted octanol–water partition coefficient (Wildman–Crippen LogP) is 2.27. The summed E-state index contributed by atoms with van der Waals surface area (Å²) in [7, 11) is 0. The fourth-order valence-electron chi connectivity index (χ4n) is 2.24. The SMILES string of the molecule is Cc1cc(C(=O)NC(C)C)ccc1NC=C1C(=O)OC(C)(C)OC1=O. The van der Waals surface area contributed by atoms with Crippen molar-refractivity contribution in [2.45, 2.75) is 46.4 Å². The Morgan fingerprint density at radius 1 is 1.16 bits per heavy atom. The van der Waals surface area contributed by atoms with E-state index in [4.69, 9.17) is 9.47 Å². The number of carbonyl (C=O) groups is 3. The highest BCUT2D eigenvalue weighted by Crippen LogP contribution is 2.23. The van der Waals surface area contributed by atoms with Crippen LogP contribution in [-0.4, -0.2) is 29.7 Å². The van der Waals surface area contributed by atoms with Crippen molar-refractivity contribution in [2.24, 2.45) is 0 Å². The summed E-state index contributed by atoms with van der Waals surface area (Å²) in [6.45, 7) is 8.55. The number of benzene rings is 1. The second-order valence-corrected chi connectivity index (χ2v) is 6.54. The Morgan fingerprint density at radius 2 is 1.76 bits per heavy atom. The van der Waals surface area contributed by atoms with Crippen LogP contribution in [0, 0.1) is 6.92 Å². The third-order valence-electron chi connectivity index (χ3n) is 3.40. The standard InChI is InChI=1S/C18H22N2O5/c1-10(2)20-15(21)12-6-7-14(11(3)8-12)19-9-13-16(22)24-18(4,5)25-17(13)23/h6-10,19H,1-5H3,(H,20,21). The summed E-state index contributed by atoms with van der Waals surface area (Å²) in [5.41, 5.74) is 1.74. The Bertz CT molecular complexity index is 728. The van der Waals surface area contributed by atoms with Crippen LogP contribution in [0.4, 0.5) is 5.69 Å². The number of carbonyl (C=O) groups excluding carboxylic acids is 3. The second-order valence-electron chi connectivity index (χ2n) is 6.54. The third-order valence-corrected chi connectivity index (χ3v) is 3.40. The lowest BCUT2D eigenvalue weighted by molar-refractivity contribution is -0.222. The van der Waals surface area contributed by atoms with Crippen molar-refractivity contribution >= 4 is 23.5 Å². The Labute approximate surface area is 146 Å². The Kier molecular flexibility index (Phi) is 5.15. The van der Waals surface area contributed by atoms with E-state index in [9.17, 15) is 14.4 Å². The zero-order valence-electron chi connectivity index (χ0n) is 14.9. The van der Waals surface area contributed by atoms with Crippen LogP contribution in [0.25, 0.3) is 0 Å². The van der Waals surface area contributed by atoms with Gasteiger partial charge in [-0.15, -0.1) is 0 Å². The van der Waals surface area contributed by atoms with E-state index in [1.807, 2.05) is 20.8 Å². The van der Waals surface area contributed by atoms with Crippen molar-refractivity contribution in [1.29, 1.82) is 0 Å². The monoisotopic (exact) mass is 346 g/mol. The van der Waals surface area contributed by atoms with Crippen LogP contribution in [0.1, 0.15) is 43.6 Å². The van der Waals surface area contributed by atoms with Crippen molar-refractivity contribution in [1.82, 2.24) is 5.32 Å². The predicted molar refractivity (Wildman–Crippen MR) is 91.7 cm³/mol. The van der Waals surface area contributed by atoms with Gasteiger partial charge in [-0.1, -0.05) is 0 Å². The largest absolute Gasteiger partial charge is 0.419 e. The number of hydrogen-bond acceptors (Lipinski definition) is 6. The minimum Gasteiger partial charge on any atom is -0.419 e. The molecule has 1 aliphatic rings. The number of amides is 1. The average molecular weight is 346 g/mol. The number of anilines is 1. The first-order valence-electron chi connectivity index (χ1n) is 7.94. The fourth-order valence-corrected chi connectivity index (χ4v) is 2.24. The molecule has 134 valence electrons. The van der Waals surface area contributed by atoms with E-state index >= 15 is 0 Å². The van der Waals surface area contributed by atoms with E-state index < -0.39 is 17.7 Å². The van der Waals surface area contributed by atoms with E-state index in [1.54, 1.807) is 18.2 Å². The summed E-state index contributed by atoms with van der Waals surface area (Å²) in [4.78, 5) is 35.8. The van der Waals surface area contributed by atoms with Gasteiger partial charge in [0.05, 0.1) is 0 Å². The topological polar surface area (TPSA) is 93.7 Å². The third kappa shape index (κ3) is 4.59. The molecule has 1 aliphatic heterocycles. The molecule has 0 unspecified atom stereocenters. The van der Waals surface area contributed by atoms with E-state index in [-0.39, 0.29) is 17.5 Å². The van der Waals surface area contributed by atoms with Gasteiger partial charge in [0, 0.05) is 37.3 Å². The zero-order chi connectivity index (χ0) is 18.8. The highest BCUT2D eigenvalue weighted by atomic mass is 16.7. The van der Waals surface area contributed by atoms with Gasteiger partial charge in [-0.05, 0) is 44.5 Å². The molecule has 2 N–H and O–H groups in total. The lowest BCUT2D eigenvalue weighted by Gasteiger charge is -2.29. The van der Waals surface area contributed by atoms with E-state index in [1.165, 1.54) is 20.0 Å². The van der Waals surface area contributed by atoms with Crippen molar-refractivity contribution in [3.8, 4) is 0 Å². The van der Waals surface area contributed by atoms with Crippen LogP contribution in [0.2, 0.25) is 0 Å². The lowest BCUT2D eigenvalue weighted by atomic mass is 10.1. The van der Waals surface area contributed by atoms with Gasteiger partial charge in [0.2, 0.25) is 0 Å². The molecular formula is C18H22N2O5. The maximum Gasteiger partial charge on any atom is 0.350 e. The van der Waals surface area contributed by atoms with Gasteiger partial charge in [-0.25, -0.2) is 9.59 Å². The summed E-state index contributed by atoms with van der Waals surface area (Å²) in [6, 6.07) is 5.12. The number of cyclic esters (lactones) is 2. The number of aryl methyl sites for hydroxylation is 1. The molecule has 0 saturated carbocycles. The molecule has 7 heteroatoms. The Balaban J connectivity index is 2.14. The molecule has 0 bridgehead atoms.